The van der Waals surface area contributed by atoms with Gasteiger partial charge in [0.05, 0.1) is 0 Å². The van der Waals surface area contributed by atoms with Gasteiger partial charge in [0.2, 0.25) is 0 Å². The molecular formula is C22H50OSi2. The molecule has 0 saturated carbocycles. The van der Waals surface area contributed by atoms with Gasteiger partial charge in [0.15, 0.2) is 16.6 Å². The van der Waals surface area contributed by atoms with Gasteiger partial charge in [-0.1, -0.05) is 104 Å². The number of hydrogen-bond acceptors (Lipinski definition) is 1. The van der Waals surface area contributed by atoms with Gasteiger partial charge < -0.3 is 4.12 Å². The standard InChI is InChI=1S/C22H50OSi2/c1-7-9-11-13-14-15-16-18-20-22-25(5,6)23-24(3,4)21-19-17-12-10-8-2/h7-22H2,1-6H3. The second kappa shape index (κ2) is 15.5. The van der Waals surface area contributed by atoms with Crippen LogP contribution in [0.2, 0.25) is 38.3 Å². The molecule has 0 aliphatic rings. The zero-order valence-corrected chi connectivity index (χ0v) is 20.7. The Labute approximate surface area is 163 Å². The third-order valence-electron chi connectivity index (χ3n) is 5.32. The van der Waals surface area contributed by atoms with Gasteiger partial charge in [-0.15, -0.1) is 0 Å². The summed E-state index contributed by atoms with van der Waals surface area (Å²) in [5.74, 6) is 0. The molecule has 0 aromatic carbocycles. The largest absolute Gasteiger partial charge is 0.455 e. The highest BCUT2D eigenvalue weighted by Gasteiger charge is 2.31. The van der Waals surface area contributed by atoms with Crippen molar-refractivity contribution < 1.29 is 4.12 Å². The second-order valence-corrected chi connectivity index (χ2v) is 18.2. The summed E-state index contributed by atoms with van der Waals surface area (Å²) in [6.07, 6.45) is 19.8. The predicted octanol–water partition coefficient (Wildman–Crippen LogP) is 8.91. The van der Waals surface area contributed by atoms with Crippen molar-refractivity contribution in [3.63, 3.8) is 0 Å². The van der Waals surface area contributed by atoms with Gasteiger partial charge in [-0.25, -0.2) is 0 Å². The van der Waals surface area contributed by atoms with Crippen LogP contribution in [0, 0.1) is 0 Å². The van der Waals surface area contributed by atoms with Crippen molar-refractivity contribution in [3.05, 3.63) is 0 Å². The summed E-state index contributed by atoms with van der Waals surface area (Å²) >= 11 is 0. The first kappa shape index (κ1) is 25.4. The molecule has 1 nitrogen and oxygen atoms in total. The van der Waals surface area contributed by atoms with E-state index < -0.39 is 16.6 Å². The van der Waals surface area contributed by atoms with Crippen molar-refractivity contribution in [1.29, 1.82) is 0 Å². The lowest BCUT2D eigenvalue weighted by atomic mass is 10.1. The molecule has 0 aromatic rings. The quantitative estimate of drug-likeness (QED) is 0.169. The fourth-order valence-electron chi connectivity index (χ4n) is 3.87. The van der Waals surface area contributed by atoms with E-state index >= 15 is 0 Å². The maximum absolute atomic E-state index is 6.78. The fraction of sp³-hybridized carbons (Fsp3) is 1.00. The highest BCUT2D eigenvalue weighted by atomic mass is 28.4. The number of hydrogen-bond donors (Lipinski definition) is 0. The van der Waals surface area contributed by atoms with Gasteiger partial charge in [0.1, 0.15) is 0 Å². The molecule has 0 saturated heterocycles. The van der Waals surface area contributed by atoms with Crippen LogP contribution >= 0.6 is 0 Å². The molecule has 0 spiro atoms. The van der Waals surface area contributed by atoms with Crippen LogP contribution in [0.5, 0.6) is 0 Å². The maximum Gasteiger partial charge on any atom is 0.173 e. The van der Waals surface area contributed by atoms with Gasteiger partial charge >= 0.3 is 0 Å². The molecule has 0 radical (unpaired) electrons. The molecule has 0 aliphatic carbocycles. The third kappa shape index (κ3) is 17.6. The van der Waals surface area contributed by atoms with E-state index in [1.165, 1.54) is 102 Å². The van der Waals surface area contributed by atoms with Crippen molar-refractivity contribution in [2.24, 2.45) is 0 Å². The smallest absolute Gasteiger partial charge is 0.173 e. The minimum Gasteiger partial charge on any atom is -0.455 e. The van der Waals surface area contributed by atoms with E-state index in [1.807, 2.05) is 0 Å². The highest BCUT2D eigenvalue weighted by molar-refractivity contribution is 6.84. The average molecular weight is 387 g/mol. The van der Waals surface area contributed by atoms with Crippen molar-refractivity contribution in [2.75, 3.05) is 0 Å². The van der Waals surface area contributed by atoms with E-state index in [2.05, 4.69) is 40.0 Å². The van der Waals surface area contributed by atoms with Gasteiger partial charge in [-0.2, -0.15) is 0 Å². The Kier molecular flexibility index (Phi) is 15.7. The van der Waals surface area contributed by atoms with Crippen LogP contribution in [-0.2, 0) is 4.12 Å². The summed E-state index contributed by atoms with van der Waals surface area (Å²) in [6, 6.07) is 2.74. The molecule has 0 bridgehead atoms. The highest BCUT2D eigenvalue weighted by Crippen LogP contribution is 2.25. The van der Waals surface area contributed by atoms with Gasteiger partial charge in [-0.05, 0) is 38.3 Å². The summed E-state index contributed by atoms with van der Waals surface area (Å²) in [7, 11) is -2.87. The van der Waals surface area contributed by atoms with Crippen LogP contribution in [0.4, 0.5) is 0 Å². The van der Waals surface area contributed by atoms with E-state index in [0.717, 1.165) is 0 Å². The van der Waals surface area contributed by atoms with Gasteiger partial charge in [0.25, 0.3) is 0 Å². The van der Waals surface area contributed by atoms with Crippen LogP contribution in [0.1, 0.15) is 104 Å². The Bertz CT molecular complexity index is 290. The molecule has 0 amide bonds. The molecule has 0 N–H and O–H groups in total. The SMILES string of the molecule is CCCCCCCCCCC[Si](C)(C)O[Si](C)(C)CCCCCCC. The molecule has 0 aromatic heterocycles. The van der Waals surface area contributed by atoms with Gasteiger partial charge in [-0.3, -0.25) is 0 Å². The van der Waals surface area contributed by atoms with E-state index in [0.29, 0.717) is 0 Å². The summed E-state index contributed by atoms with van der Waals surface area (Å²) < 4.78 is 6.78. The average Bonchev–Trinajstić information content (AvgIpc) is 2.52. The predicted molar refractivity (Wildman–Crippen MR) is 122 cm³/mol. The Morgan fingerprint density at radius 2 is 0.720 bits per heavy atom. The zero-order valence-electron chi connectivity index (χ0n) is 18.7. The third-order valence-corrected chi connectivity index (χ3v) is 12.9. The van der Waals surface area contributed by atoms with Crippen molar-refractivity contribution in [1.82, 2.24) is 0 Å². The van der Waals surface area contributed by atoms with Crippen molar-refractivity contribution >= 4 is 16.6 Å². The van der Waals surface area contributed by atoms with Crippen LogP contribution in [0.25, 0.3) is 0 Å². The molecule has 3 heteroatoms. The first-order chi connectivity index (χ1) is 11.8. The lowest BCUT2D eigenvalue weighted by Crippen LogP contribution is -2.44. The zero-order chi connectivity index (χ0) is 19.0. The maximum atomic E-state index is 6.78. The number of rotatable bonds is 18. The summed E-state index contributed by atoms with van der Waals surface area (Å²) in [5, 5.41) is 0. The first-order valence-corrected chi connectivity index (χ1v) is 17.8. The van der Waals surface area contributed by atoms with Crippen LogP contribution in [0.3, 0.4) is 0 Å². The van der Waals surface area contributed by atoms with E-state index in [4.69, 9.17) is 4.12 Å². The lowest BCUT2D eigenvalue weighted by Gasteiger charge is -2.34. The topological polar surface area (TPSA) is 9.23 Å². The molecule has 0 rings (SSSR count). The monoisotopic (exact) mass is 386 g/mol. The molecule has 0 aliphatic heterocycles. The number of unbranched alkanes of at least 4 members (excludes halogenated alkanes) is 12. The molecular weight excluding hydrogens is 336 g/mol. The Morgan fingerprint density at radius 3 is 1.04 bits per heavy atom. The van der Waals surface area contributed by atoms with Crippen LogP contribution in [0.15, 0.2) is 0 Å². The normalized spacial score (nSPS) is 12.7. The molecule has 0 atom stereocenters. The molecule has 152 valence electrons. The molecule has 0 heterocycles. The summed E-state index contributed by atoms with van der Waals surface area (Å²) in [4.78, 5) is 0. The van der Waals surface area contributed by atoms with Crippen LogP contribution in [-0.4, -0.2) is 16.6 Å². The molecule has 0 fully saturated rings. The molecule has 25 heavy (non-hydrogen) atoms. The van der Waals surface area contributed by atoms with E-state index in [1.54, 1.807) is 0 Å². The second-order valence-electron chi connectivity index (χ2n) is 9.36. The first-order valence-electron chi connectivity index (χ1n) is 11.5. The van der Waals surface area contributed by atoms with Crippen molar-refractivity contribution in [2.45, 2.75) is 142 Å². The Balaban J connectivity index is 3.73. The fourth-order valence-corrected chi connectivity index (χ4v) is 12.9. The van der Waals surface area contributed by atoms with Crippen molar-refractivity contribution in [3.8, 4) is 0 Å². The lowest BCUT2D eigenvalue weighted by molar-refractivity contribution is 0.518. The minimum atomic E-state index is -1.44. The van der Waals surface area contributed by atoms with E-state index in [9.17, 15) is 0 Å². The van der Waals surface area contributed by atoms with E-state index in [-0.39, 0.29) is 0 Å². The minimum absolute atomic E-state index is 1.34. The van der Waals surface area contributed by atoms with Gasteiger partial charge in [0, 0.05) is 0 Å². The Morgan fingerprint density at radius 1 is 0.440 bits per heavy atom. The Hall–Kier alpha value is 0.394. The van der Waals surface area contributed by atoms with Crippen LogP contribution < -0.4 is 0 Å². The summed E-state index contributed by atoms with van der Waals surface area (Å²) in [6.45, 7) is 14.4. The summed E-state index contributed by atoms with van der Waals surface area (Å²) in [5.41, 5.74) is 0. The molecule has 0 unspecified atom stereocenters.